The lowest BCUT2D eigenvalue weighted by Crippen LogP contribution is -2.43. The maximum absolute atomic E-state index is 14.8. The summed E-state index contributed by atoms with van der Waals surface area (Å²) >= 11 is 0. The second kappa shape index (κ2) is 10.7. The third-order valence-electron chi connectivity index (χ3n) is 5.89. The van der Waals surface area contributed by atoms with Gasteiger partial charge in [0.05, 0.1) is 22.8 Å². The van der Waals surface area contributed by atoms with E-state index in [9.17, 15) is 26.7 Å². The number of alkyl halides is 3. The molecule has 0 atom stereocenters. The Kier molecular flexibility index (Phi) is 7.15. The van der Waals surface area contributed by atoms with Crippen LogP contribution in [0.1, 0.15) is 5.56 Å². The maximum atomic E-state index is 14.8. The number of urea groups is 1. The average molecular weight is 544 g/mol. The van der Waals surface area contributed by atoms with E-state index in [0.717, 1.165) is 44.1 Å². The van der Waals surface area contributed by atoms with Gasteiger partial charge in [0.15, 0.2) is 11.6 Å². The molecule has 3 aromatic carbocycles. The standard InChI is InChI=1S/C26H21F5N6O2/c27-19-4-1-15(11-18(19)26(29,30)31)34-25(38)35-16-2-6-23(20(28)12-16)39-17-3-5-21-22(13-17)36-24(14-33-21)37-9-7-32-8-10-37/h1-6,11-14,32H,7-10H2,(H2,34,35,38). The molecular weight excluding hydrogens is 523 g/mol. The number of hydrogen-bond acceptors (Lipinski definition) is 6. The van der Waals surface area contributed by atoms with Gasteiger partial charge in [-0.25, -0.2) is 18.6 Å². The first kappa shape index (κ1) is 26.1. The molecule has 8 nitrogen and oxygen atoms in total. The molecule has 0 radical (unpaired) electrons. The van der Waals surface area contributed by atoms with Gasteiger partial charge in [0.2, 0.25) is 0 Å². The van der Waals surface area contributed by atoms with Crippen LogP contribution in [0.15, 0.2) is 60.8 Å². The number of piperazine rings is 1. The number of fused-ring (bicyclic) bond motifs is 1. The van der Waals surface area contributed by atoms with Crippen LogP contribution in [0.25, 0.3) is 11.0 Å². The molecule has 1 saturated heterocycles. The normalized spacial score (nSPS) is 13.8. The molecule has 0 bridgehead atoms. The van der Waals surface area contributed by atoms with E-state index in [1.165, 1.54) is 12.1 Å². The fourth-order valence-corrected chi connectivity index (χ4v) is 3.99. The number of halogens is 5. The van der Waals surface area contributed by atoms with Crippen molar-refractivity contribution in [2.75, 3.05) is 41.7 Å². The third-order valence-corrected chi connectivity index (χ3v) is 5.89. The van der Waals surface area contributed by atoms with Gasteiger partial charge in [-0.05, 0) is 42.5 Å². The monoisotopic (exact) mass is 544 g/mol. The summed E-state index contributed by atoms with van der Waals surface area (Å²) in [5, 5.41) is 7.74. The van der Waals surface area contributed by atoms with E-state index in [0.29, 0.717) is 28.9 Å². The van der Waals surface area contributed by atoms with Crippen molar-refractivity contribution in [3.8, 4) is 11.5 Å². The first-order valence-electron chi connectivity index (χ1n) is 11.8. The van der Waals surface area contributed by atoms with Gasteiger partial charge in [-0.15, -0.1) is 0 Å². The molecule has 1 aliphatic rings. The summed E-state index contributed by atoms with van der Waals surface area (Å²) in [5.74, 6) is -1.33. The van der Waals surface area contributed by atoms with Crippen molar-refractivity contribution >= 4 is 34.3 Å². The van der Waals surface area contributed by atoms with Crippen LogP contribution in [-0.4, -0.2) is 42.2 Å². The quantitative estimate of drug-likeness (QED) is 0.276. The van der Waals surface area contributed by atoms with Crippen LogP contribution in [0, 0.1) is 11.6 Å². The zero-order valence-electron chi connectivity index (χ0n) is 20.1. The van der Waals surface area contributed by atoms with E-state index in [1.54, 1.807) is 24.4 Å². The summed E-state index contributed by atoms with van der Waals surface area (Å²) in [4.78, 5) is 23.4. The number of anilines is 3. The van der Waals surface area contributed by atoms with Crippen LogP contribution < -0.4 is 25.6 Å². The highest BCUT2D eigenvalue weighted by molar-refractivity contribution is 5.99. The number of aromatic nitrogens is 2. The second-order valence-corrected chi connectivity index (χ2v) is 8.63. The minimum absolute atomic E-state index is 0.0144. The van der Waals surface area contributed by atoms with Crippen LogP contribution in [0.4, 0.5) is 43.9 Å². The molecule has 13 heteroatoms. The first-order valence-corrected chi connectivity index (χ1v) is 11.8. The van der Waals surface area contributed by atoms with Crippen LogP contribution in [0.3, 0.4) is 0 Å². The smallest absolute Gasteiger partial charge is 0.419 e. The lowest BCUT2D eigenvalue weighted by atomic mass is 10.2. The Morgan fingerprint density at radius 3 is 2.33 bits per heavy atom. The largest absolute Gasteiger partial charge is 0.454 e. The molecule has 2 amide bonds. The van der Waals surface area contributed by atoms with Crippen LogP contribution >= 0.6 is 0 Å². The molecule has 1 fully saturated rings. The molecule has 202 valence electrons. The Labute approximate surface area is 218 Å². The number of benzene rings is 3. The Morgan fingerprint density at radius 2 is 1.62 bits per heavy atom. The van der Waals surface area contributed by atoms with Gasteiger partial charge >= 0.3 is 12.2 Å². The van der Waals surface area contributed by atoms with E-state index >= 15 is 0 Å². The number of amides is 2. The number of hydrogen-bond donors (Lipinski definition) is 3. The Morgan fingerprint density at radius 1 is 0.897 bits per heavy atom. The van der Waals surface area contributed by atoms with Gasteiger partial charge in [0.1, 0.15) is 17.4 Å². The fourth-order valence-electron chi connectivity index (χ4n) is 3.99. The molecule has 1 aromatic heterocycles. The zero-order chi connectivity index (χ0) is 27.6. The Balaban J connectivity index is 1.26. The van der Waals surface area contributed by atoms with E-state index in [4.69, 9.17) is 4.74 Å². The number of rotatable bonds is 5. The number of carbonyl (C=O) groups is 1. The molecule has 1 aliphatic heterocycles. The van der Waals surface area contributed by atoms with E-state index in [2.05, 4.69) is 30.8 Å². The maximum Gasteiger partial charge on any atom is 0.419 e. The molecule has 39 heavy (non-hydrogen) atoms. The van der Waals surface area contributed by atoms with Crippen LogP contribution in [0.2, 0.25) is 0 Å². The van der Waals surface area contributed by atoms with Gasteiger partial charge in [0, 0.05) is 49.7 Å². The molecular formula is C26H21F5N6O2. The van der Waals surface area contributed by atoms with Crippen molar-refractivity contribution in [3.05, 3.63) is 78.0 Å². The summed E-state index contributed by atoms with van der Waals surface area (Å²) in [7, 11) is 0. The topological polar surface area (TPSA) is 91.4 Å². The predicted octanol–water partition coefficient (Wildman–Crippen LogP) is 5.77. The predicted molar refractivity (Wildman–Crippen MR) is 135 cm³/mol. The molecule has 0 aliphatic carbocycles. The van der Waals surface area contributed by atoms with Crippen molar-refractivity contribution in [2.24, 2.45) is 0 Å². The summed E-state index contributed by atoms with van der Waals surface area (Å²) in [6.45, 7) is 3.30. The van der Waals surface area contributed by atoms with Gasteiger partial charge in [-0.2, -0.15) is 13.2 Å². The second-order valence-electron chi connectivity index (χ2n) is 8.63. The average Bonchev–Trinajstić information content (AvgIpc) is 2.91. The minimum atomic E-state index is -4.93. The highest BCUT2D eigenvalue weighted by Crippen LogP contribution is 2.33. The minimum Gasteiger partial charge on any atom is -0.454 e. The van der Waals surface area contributed by atoms with E-state index < -0.39 is 29.4 Å². The van der Waals surface area contributed by atoms with Gasteiger partial charge in [-0.1, -0.05) is 0 Å². The molecule has 0 unspecified atom stereocenters. The number of carbonyl (C=O) groups excluding carboxylic acids is 1. The summed E-state index contributed by atoms with van der Waals surface area (Å²) in [5.41, 5.74) is -0.571. The molecule has 4 aromatic rings. The van der Waals surface area contributed by atoms with Crippen molar-refractivity contribution in [1.82, 2.24) is 15.3 Å². The SMILES string of the molecule is O=C(Nc1ccc(Oc2ccc3ncc(N4CCNCC4)nc3c2)c(F)c1)Nc1ccc(F)c(C(F)(F)F)c1. The Hall–Kier alpha value is -4.52. The van der Waals surface area contributed by atoms with E-state index in [1.807, 2.05) is 0 Å². The lowest BCUT2D eigenvalue weighted by Gasteiger charge is -2.28. The number of ether oxygens (including phenoxy) is 1. The number of nitrogens with zero attached hydrogens (tertiary/aromatic N) is 3. The molecule has 2 heterocycles. The fraction of sp³-hybridized carbons (Fsp3) is 0.192. The highest BCUT2D eigenvalue weighted by atomic mass is 19.4. The molecule has 3 N–H and O–H groups in total. The molecule has 0 saturated carbocycles. The van der Waals surface area contributed by atoms with Gasteiger partial charge in [0.25, 0.3) is 0 Å². The summed E-state index contributed by atoms with van der Waals surface area (Å²) in [6.07, 6.45) is -3.22. The Bertz CT molecular complexity index is 1520. The highest BCUT2D eigenvalue weighted by Gasteiger charge is 2.34. The van der Waals surface area contributed by atoms with Crippen molar-refractivity contribution in [1.29, 1.82) is 0 Å². The van der Waals surface area contributed by atoms with Crippen molar-refractivity contribution in [3.63, 3.8) is 0 Å². The molecule has 0 spiro atoms. The zero-order valence-corrected chi connectivity index (χ0v) is 20.1. The van der Waals surface area contributed by atoms with Crippen molar-refractivity contribution in [2.45, 2.75) is 6.18 Å². The van der Waals surface area contributed by atoms with Crippen LogP contribution in [0.5, 0.6) is 11.5 Å². The summed E-state index contributed by atoms with van der Waals surface area (Å²) < 4.78 is 72.6. The van der Waals surface area contributed by atoms with Gasteiger partial charge in [-0.3, -0.25) is 4.98 Å². The third kappa shape index (κ3) is 6.14. The first-order chi connectivity index (χ1) is 18.7. The number of nitrogens with one attached hydrogen (secondary N) is 3. The van der Waals surface area contributed by atoms with Crippen molar-refractivity contribution < 1.29 is 31.5 Å². The van der Waals surface area contributed by atoms with Gasteiger partial charge < -0.3 is 25.6 Å². The van der Waals surface area contributed by atoms with Crippen LogP contribution in [-0.2, 0) is 6.18 Å². The lowest BCUT2D eigenvalue weighted by molar-refractivity contribution is -0.139. The molecule has 5 rings (SSSR count). The van der Waals surface area contributed by atoms with E-state index in [-0.39, 0.29) is 17.1 Å². The summed E-state index contributed by atoms with van der Waals surface area (Å²) in [6, 6.07) is 9.69.